The van der Waals surface area contributed by atoms with Crippen molar-refractivity contribution in [1.82, 2.24) is 0 Å². The second-order valence-corrected chi connectivity index (χ2v) is 1.36. The Labute approximate surface area is 84.2 Å². The second-order valence-electron chi connectivity index (χ2n) is 0.855. The first-order valence-corrected chi connectivity index (χ1v) is 2.76. The Morgan fingerprint density at radius 2 is 1.78 bits per heavy atom. The molecular formula is C3H11BNaO3S. The van der Waals surface area contributed by atoms with E-state index in [4.69, 9.17) is 10.0 Å². The van der Waals surface area contributed by atoms with Gasteiger partial charge in [-0.15, -0.1) is 0 Å². The molecule has 0 unspecified atom stereocenters. The molecule has 9 heavy (non-hydrogen) atoms. The third kappa shape index (κ3) is 93.9. The van der Waals surface area contributed by atoms with E-state index in [0.717, 1.165) is 5.75 Å². The van der Waals surface area contributed by atoms with Crippen molar-refractivity contribution in [2.24, 2.45) is 0 Å². The Morgan fingerprint density at radius 3 is 1.78 bits per heavy atom. The van der Waals surface area contributed by atoms with Crippen molar-refractivity contribution in [3.05, 3.63) is 0 Å². The zero-order valence-corrected chi connectivity index (χ0v) is 8.79. The van der Waals surface area contributed by atoms with Crippen LogP contribution in [-0.4, -0.2) is 23.9 Å². The summed E-state index contributed by atoms with van der Waals surface area (Å²) in [6.45, 7) is 2.13. The molecule has 6 heteroatoms. The summed E-state index contributed by atoms with van der Waals surface area (Å²) < 4.78 is 0. The van der Waals surface area contributed by atoms with Gasteiger partial charge >= 0.3 is 29.6 Å². The summed E-state index contributed by atoms with van der Waals surface area (Å²) in [5.74, 6) is 1.12. The van der Waals surface area contributed by atoms with E-state index in [1.165, 1.54) is 6.42 Å². The fraction of sp³-hybridized carbons (Fsp3) is 1.00. The summed E-state index contributed by atoms with van der Waals surface area (Å²) in [5.41, 5.74) is 0. The Balaban J connectivity index is -0.0000000233. The molecule has 0 rings (SSSR count). The van der Waals surface area contributed by atoms with Crippen molar-refractivity contribution in [2.75, 3.05) is 5.75 Å². The largest absolute Gasteiger partial charge is 1.00 e. The first-order chi connectivity index (χ1) is 3.33. The molecule has 0 aromatic carbocycles. The number of hydrogen-bond acceptors (Lipinski definition) is 3. The van der Waals surface area contributed by atoms with Crippen LogP contribution in [0.1, 0.15) is 13.3 Å². The van der Waals surface area contributed by atoms with Crippen LogP contribution in [0.15, 0.2) is 0 Å². The average molecular weight is 161 g/mol. The summed E-state index contributed by atoms with van der Waals surface area (Å²) in [6.07, 6.45) is 1.23. The molecule has 2 N–H and O–H groups in total. The minimum Gasteiger partial charge on any atom is -0.870 e. The molecule has 0 heterocycles. The Morgan fingerprint density at radius 1 is 1.67 bits per heavy atom. The van der Waals surface area contributed by atoms with Gasteiger partial charge in [-0.3, -0.25) is 0 Å². The van der Waals surface area contributed by atoms with Crippen LogP contribution in [0.4, 0.5) is 0 Å². The summed E-state index contributed by atoms with van der Waals surface area (Å²) in [4.78, 5) is 0. The van der Waals surface area contributed by atoms with Crippen LogP contribution in [0.3, 0.4) is 0 Å². The molecule has 3 nitrogen and oxygen atoms in total. The van der Waals surface area contributed by atoms with E-state index in [2.05, 4.69) is 19.6 Å². The standard InChI is InChI=1S/C3H8S.BHO2.Na.H2O/c1-2-3-4;2-1-3;;/h4H,2-3H2,1H3;2H;;1H2/q;-1;+1;. The van der Waals surface area contributed by atoms with Gasteiger partial charge in [-0.2, -0.15) is 0 Å². The maximum atomic E-state index is 8.36. The first-order valence-electron chi connectivity index (χ1n) is 2.05. The van der Waals surface area contributed by atoms with Crippen molar-refractivity contribution in [1.29, 1.82) is 0 Å². The van der Waals surface area contributed by atoms with Gasteiger partial charge in [0.05, 0.1) is 0 Å². The van der Waals surface area contributed by atoms with Gasteiger partial charge < -0.3 is 15.5 Å². The predicted molar refractivity (Wildman–Crippen MR) is 35.2 cm³/mol. The van der Waals surface area contributed by atoms with Gasteiger partial charge in [0, 0.05) is 0 Å². The molecule has 0 saturated heterocycles. The van der Waals surface area contributed by atoms with Crippen LogP contribution >= 0.6 is 0 Å². The van der Waals surface area contributed by atoms with Crippen LogP contribution in [-0.2, 0) is 12.6 Å². The molecule has 0 aliphatic heterocycles. The molecule has 1 radical (unpaired) electrons. The van der Waals surface area contributed by atoms with Crippen LogP contribution < -0.4 is 34.6 Å². The Bertz CT molecular complexity index is 26.5. The van der Waals surface area contributed by atoms with Crippen LogP contribution in [0, 0.1) is 0 Å². The fourth-order valence-electron chi connectivity index (χ4n) is 0. The van der Waals surface area contributed by atoms with Crippen molar-refractivity contribution in [3.63, 3.8) is 0 Å². The number of hydrogen-bond donors (Lipinski definition) is 1. The summed E-state index contributed by atoms with van der Waals surface area (Å²) in [6, 6.07) is 0. The van der Waals surface area contributed by atoms with E-state index >= 15 is 0 Å². The van der Waals surface area contributed by atoms with E-state index in [1.807, 2.05) is 0 Å². The second kappa shape index (κ2) is 34.7. The molecule has 0 aliphatic rings. The molecule has 0 aliphatic carbocycles. The van der Waals surface area contributed by atoms with Gasteiger partial charge in [-0.1, -0.05) is 6.92 Å². The normalized spacial score (nSPS) is 4.89. The Kier molecular flexibility index (Phi) is 86.5. The molecule has 0 aromatic rings. The van der Waals surface area contributed by atoms with Gasteiger partial charge in [0.2, 0.25) is 0 Å². The molecule has 0 bridgehead atoms. The SMILES string of the molecule is CCC[SH2+].[Na+].[O-][B]O.[OH-]. The molecule has 0 atom stereocenters. The molecular weight excluding hydrogens is 150 g/mol. The van der Waals surface area contributed by atoms with Crippen molar-refractivity contribution in [2.45, 2.75) is 13.3 Å². The molecule has 51 valence electrons. The summed E-state index contributed by atoms with van der Waals surface area (Å²) in [7, 11) is -0.250. The van der Waals surface area contributed by atoms with Crippen molar-refractivity contribution < 1.29 is 45.1 Å². The molecule has 0 amide bonds. The third-order valence-electron chi connectivity index (χ3n) is 0.250. The van der Waals surface area contributed by atoms with E-state index < -0.39 is 0 Å². The number of rotatable bonds is 1. The topological polar surface area (TPSA) is 73.3 Å². The molecule has 0 saturated carbocycles. The van der Waals surface area contributed by atoms with Crippen LogP contribution in [0.25, 0.3) is 0 Å². The van der Waals surface area contributed by atoms with Gasteiger partial charge in [-0.25, -0.2) is 0 Å². The minimum absolute atomic E-state index is 0. The first kappa shape index (κ1) is 22.4. The van der Waals surface area contributed by atoms with E-state index in [0.29, 0.717) is 0 Å². The van der Waals surface area contributed by atoms with E-state index in [9.17, 15) is 0 Å². The molecule has 0 fully saturated rings. The van der Waals surface area contributed by atoms with Crippen LogP contribution in [0.2, 0.25) is 0 Å². The van der Waals surface area contributed by atoms with E-state index in [1.54, 1.807) is 0 Å². The summed E-state index contributed by atoms with van der Waals surface area (Å²) in [5, 5.41) is 15.2. The fourth-order valence-corrected chi connectivity index (χ4v) is 0. The van der Waals surface area contributed by atoms with Crippen LogP contribution in [0.5, 0.6) is 0 Å². The van der Waals surface area contributed by atoms with Gasteiger partial charge in [0.25, 0.3) is 0 Å². The van der Waals surface area contributed by atoms with Gasteiger partial charge in [-0.05, 0) is 19.0 Å². The van der Waals surface area contributed by atoms with Crippen molar-refractivity contribution in [3.8, 4) is 0 Å². The summed E-state index contributed by atoms with van der Waals surface area (Å²) >= 11 is 3.29. The molecule has 0 spiro atoms. The van der Waals surface area contributed by atoms with E-state index in [-0.39, 0.29) is 42.7 Å². The quantitative estimate of drug-likeness (QED) is 0.309. The zero-order chi connectivity index (χ0) is 6.12. The van der Waals surface area contributed by atoms with Gasteiger partial charge in [0.15, 0.2) is 7.69 Å². The van der Waals surface area contributed by atoms with Gasteiger partial charge in [0.1, 0.15) is 5.75 Å². The smallest absolute Gasteiger partial charge is 0.870 e. The monoisotopic (exact) mass is 161 g/mol. The van der Waals surface area contributed by atoms with Crippen molar-refractivity contribution >= 4 is 20.3 Å². The maximum Gasteiger partial charge on any atom is 1.00 e. The zero-order valence-electron chi connectivity index (χ0n) is 5.79. The maximum absolute atomic E-state index is 8.36. The Hall–Kier alpha value is 1.29. The predicted octanol–water partition coefficient (Wildman–Crippen LogP) is -4.89. The minimum atomic E-state index is -0.250. The average Bonchev–Trinajstić information content (AvgIpc) is 1.69. The molecule has 0 aromatic heterocycles. The third-order valence-corrected chi connectivity index (χ3v) is 0.750.